The summed E-state index contributed by atoms with van der Waals surface area (Å²) in [7, 11) is 0. The van der Waals surface area contributed by atoms with Gasteiger partial charge in [-0.2, -0.15) is 0 Å². The Hall–Kier alpha value is -2.55. The molecule has 0 atom stereocenters. The summed E-state index contributed by atoms with van der Waals surface area (Å²) in [5.74, 6) is 0.0745. The van der Waals surface area contributed by atoms with Gasteiger partial charge in [-0.1, -0.05) is 28.1 Å². The van der Waals surface area contributed by atoms with Crippen molar-refractivity contribution in [3.8, 4) is 6.07 Å². The number of rotatable bonds is 1. The Kier molecular flexibility index (Phi) is 3.85. The van der Waals surface area contributed by atoms with E-state index in [2.05, 4.69) is 25.6 Å². The summed E-state index contributed by atoms with van der Waals surface area (Å²) in [4.78, 5) is 6.66. The van der Waals surface area contributed by atoms with Crippen molar-refractivity contribution in [2.75, 3.05) is 0 Å². The van der Waals surface area contributed by atoms with Crippen molar-refractivity contribution in [1.82, 2.24) is 0 Å². The van der Waals surface area contributed by atoms with Crippen molar-refractivity contribution in [2.45, 2.75) is 19.4 Å². The summed E-state index contributed by atoms with van der Waals surface area (Å²) < 4.78 is 6.67. The summed E-state index contributed by atoms with van der Waals surface area (Å²) in [5, 5.41) is 9.03. The molecule has 0 aromatic heterocycles. The highest BCUT2D eigenvalue weighted by atomic mass is 79.9. The molecule has 5 heteroatoms. The first-order valence-electron chi connectivity index (χ1n) is 6.04. The Balaban J connectivity index is 2.76. The number of allylic oxidation sites excluding steroid dienone is 1. The molecular weight excluding hydrogens is 330 g/mol. The fraction of sp³-hybridized carbons (Fsp3) is 0.188. The van der Waals surface area contributed by atoms with Crippen LogP contribution >= 0.6 is 15.9 Å². The third kappa shape index (κ3) is 2.55. The lowest BCUT2D eigenvalue weighted by molar-refractivity contribution is 0.109. The molecule has 2 rings (SSSR count). The lowest BCUT2D eigenvalue weighted by Gasteiger charge is -2.24. The van der Waals surface area contributed by atoms with Gasteiger partial charge in [0.05, 0.1) is 19.2 Å². The smallest absolute Gasteiger partial charge is 0.292 e. The number of halogens is 1. The van der Waals surface area contributed by atoms with Crippen molar-refractivity contribution in [3.05, 3.63) is 74.3 Å². The molecule has 102 valence electrons. The molecule has 1 aromatic carbocycles. The SMILES string of the molecule is [C-]#[N+]C1=C(c2ccc(Br)cc2)C(C)(C)O/C1=C(\C#N)[N+]#[C-]. The third-order valence-corrected chi connectivity index (χ3v) is 3.62. The highest BCUT2D eigenvalue weighted by Crippen LogP contribution is 2.45. The first kappa shape index (κ1) is 14.9. The van der Waals surface area contributed by atoms with Crippen molar-refractivity contribution >= 4 is 21.5 Å². The highest BCUT2D eigenvalue weighted by molar-refractivity contribution is 9.10. The van der Waals surface area contributed by atoms with E-state index in [1.54, 1.807) is 6.07 Å². The van der Waals surface area contributed by atoms with Gasteiger partial charge in [-0.05, 0) is 31.5 Å². The summed E-state index contributed by atoms with van der Waals surface area (Å²) in [6.45, 7) is 18.1. The molecule has 0 spiro atoms. The number of hydrogen-bond donors (Lipinski definition) is 0. The van der Waals surface area contributed by atoms with Gasteiger partial charge in [0, 0.05) is 10.0 Å². The van der Waals surface area contributed by atoms with E-state index in [0.29, 0.717) is 5.57 Å². The van der Waals surface area contributed by atoms with Crippen LogP contribution in [0.3, 0.4) is 0 Å². The quantitative estimate of drug-likeness (QED) is 0.556. The predicted molar refractivity (Wildman–Crippen MR) is 82.1 cm³/mol. The molecule has 0 unspecified atom stereocenters. The third-order valence-electron chi connectivity index (χ3n) is 3.09. The zero-order valence-corrected chi connectivity index (χ0v) is 13.0. The Bertz CT molecular complexity index is 765. The van der Waals surface area contributed by atoms with Gasteiger partial charge in [-0.15, -0.1) is 0 Å². The van der Waals surface area contributed by atoms with Gasteiger partial charge < -0.3 is 4.74 Å². The molecule has 1 heterocycles. The summed E-state index contributed by atoms with van der Waals surface area (Å²) in [6.07, 6.45) is 0. The van der Waals surface area contributed by atoms with Crippen molar-refractivity contribution in [1.29, 1.82) is 5.26 Å². The Morgan fingerprint density at radius 2 is 1.90 bits per heavy atom. The molecular formula is C16H10BrN3O. The lowest BCUT2D eigenvalue weighted by atomic mass is 9.91. The summed E-state index contributed by atoms with van der Waals surface area (Å²) in [5.41, 5.74) is 0.800. The van der Waals surface area contributed by atoms with Crippen LogP contribution < -0.4 is 0 Å². The molecule has 0 saturated heterocycles. The van der Waals surface area contributed by atoms with Crippen LogP contribution in [0.1, 0.15) is 19.4 Å². The second-order valence-corrected chi connectivity index (χ2v) is 5.77. The van der Waals surface area contributed by atoms with E-state index in [-0.39, 0.29) is 17.2 Å². The molecule has 0 radical (unpaired) electrons. The van der Waals surface area contributed by atoms with Gasteiger partial charge in [-0.3, -0.25) is 0 Å². The van der Waals surface area contributed by atoms with Gasteiger partial charge in [0.15, 0.2) is 0 Å². The van der Waals surface area contributed by atoms with Crippen LogP contribution in [0.5, 0.6) is 0 Å². The van der Waals surface area contributed by atoms with Crippen LogP contribution in [0.4, 0.5) is 0 Å². The van der Waals surface area contributed by atoms with E-state index in [0.717, 1.165) is 10.0 Å². The molecule has 4 nitrogen and oxygen atoms in total. The van der Waals surface area contributed by atoms with Crippen molar-refractivity contribution in [3.63, 3.8) is 0 Å². The van der Waals surface area contributed by atoms with E-state index in [1.807, 2.05) is 38.1 Å². The Morgan fingerprint density at radius 3 is 2.38 bits per heavy atom. The first-order chi connectivity index (χ1) is 9.94. The van der Waals surface area contributed by atoms with E-state index in [9.17, 15) is 0 Å². The van der Waals surface area contributed by atoms with Crippen LogP contribution in [0.15, 0.2) is 45.9 Å². The zero-order valence-electron chi connectivity index (χ0n) is 11.4. The Morgan fingerprint density at radius 1 is 1.29 bits per heavy atom. The average molecular weight is 340 g/mol. The minimum absolute atomic E-state index is 0.0745. The number of hydrogen-bond acceptors (Lipinski definition) is 2. The molecule has 0 N–H and O–H groups in total. The standard InChI is InChI=1S/C16H10BrN3O/c1-16(2)13(10-5-7-11(17)8-6-10)14(20-4)15(21-16)12(9-18)19-3/h5-8H,1-2H3/b15-12+. The van der Waals surface area contributed by atoms with Gasteiger partial charge in [0.25, 0.3) is 5.70 Å². The van der Waals surface area contributed by atoms with Gasteiger partial charge in [0.2, 0.25) is 5.70 Å². The normalized spacial score (nSPS) is 18.3. The number of ether oxygens (including phenoxy) is 1. The van der Waals surface area contributed by atoms with Crippen molar-refractivity contribution in [2.24, 2.45) is 0 Å². The molecule has 0 fully saturated rings. The van der Waals surface area contributed by atoms with Crippen LogP contribution in [-0.4, -0.2) is 5.60 Å². The first-order valence-corrected chi connectivity index (χ1v) is 6.83. The number of nitrogens with zero attached hydrogens (tertiary/aromatic N) is 3. The van der Waals surface area contributed by atoms with E-state index >= 15 is 0 Å². The topological polar surface area (TPSA) is 41.7 Å². The fourth-order valence-corrected chi connectivity index (χ4v) is 2.51. The molecule has 0 bridgehead atoms. The van der Waals surface area contributed by atoms with Crippen LogP contribution in [0.25, 0.3) is 15.3 Å². The Labute approximate surface area is 131 Å². The maximum absolute atomic E-state index is 9.03. The maximum atomic E-state index is 9.03. The van der Waals surface area contributed by atoms with Crippen molar-refractivity contribution < 1.29 is 4.74 Å². The second kappa shape index (κ2) is 5.44. The highest BCUT2D eigenvalue weighted by Gasteiger charge is 2.40. The molecule has 1 aliphatic heterocycles. The van der Waals surface area contributed by atoms with Gasteiger partial charge >= 0.3 is 0 Å². The summed E-state index contributed by atoms with van der Waals surface area (Å²) >= 11 is 3.37. The van der Waals surface area contributed by atoms with Crippen LogP contribution in [0, 0.1) is 24.5 Å². The number of nitriles is 1. The summed E-state index contributed by atoms with van der Waals surface area (Å²) in [6, 6.07) is 9.30. The van der Waals surface area contributed by atoms with Crippen LogP contribution in [-0.2, 0) is 4.74 Å². The van der Waals surface area contributed by atoms with E-state index in [4.69, 9.17) is 23.1 Å². The van der Waals surface area contributed by atoms with E-state index in [1.165, 1.54) is 0 Å². The predicted octanol–water partition coefficient (Wildman–Crippen LogP) is 4.54. The maximum Gasteiger partial charge on any atom is 0.292 e. The minimum Gasteiger partial charge on any atom is -0.505 e. The average Bonchev–Trinajstić information content (AvgIpc) is 2.72. The lowest BCUT2D eigenvalue weighted by Crippen LogP contribution is -2.20. The zero-order chi connectivity index (χ0) is 15.6. The van der Waals surface area contributed by atoms with Gasteiger partial charge in [0.1, 0.15) is 11.4 Å². The minimum atomic E-state index is -0.768. The molecule has 21 heavy (non-hydrogen) atoms. The second-order valence-electron chi connectivity index (χ2n) is 4.86. The fourth-order valence-electron chi connectivity index (χ4n) is 2.25. The molecule has 1 aromatic rings. The van der Waals surface area contributed by atoms with E-state index < -0.39 is 5.60 Å². The molecule has 1 aliphatic rings. The monoisotopic (exact) mass is 339 g/mol. The number of benzene rings is 1. The van der Waals surface area contributed by atoms with Gasteiger partial charge in [-0.25, -0.2) is 15.0 Å². The molecule has 0 amide bonds. The van der Waals surface area contributed by atoms with Crippen LogP contribution in [0.2, 0.25) is 0 Å². The molecule has 0 aliphatic carbocycles. The molecule has 0 saturated carbocycles. The largest absolute Gasteiger partial charge is 0.505 e.